The number of carbonyl (C=O) groups is 2. The highest BCUT2D eigenvalue weighted by Crippen LogP contribution is 2.28. The third-order valence-electron chi connectivity index (χ3n) is 2.86. The minimum atomic E-state index is -1.44. The number of amides is 1. The molecule has 0 aliphatic rings. The molecule has 0 aliphatic heterocycles. The van der Waals surface area contributed by atoms with Crippen LogP contribution >= 0.6 is 27.5 Å². The van der Waals surface area contributed by atoms with Crippen molar-refractivity contribution in [2.24, 2.45) is 5.41 Å². The molecule has 0 saturated heterocycles. The van der Waals surface area contributed by atoms with Gasteiger partial charge < -0.3 is 10.0 Å². The largest absolute Gasteiger partial charge is 0.480 e. The highest BCUT2D eigenvalue weighted by Gasteiger charge is 2.38. The van der Waals surface area contributed by atoms with E-state index in [0.717, 1.165) is 5.56 Å². The van der Waals surface area contributed by atoms with Crippen molar-refractivity contribution in [3.63, 3.8) is 0 Å². The Balaban J connectivity index is 2.92. The first-order chi connectivity index (χ1) is 8.67. The molecule has 104 valence electrons. The molecule has 1 N–H and O–H groups in total. The first-order valence-corrected chi connectivity index (χ1v) is 6.77. The van der Waals surface area contributed by atoms with Crippen LogP contribution < -0.4 is 0 Å². The lowest BCUT2D eigenvalue weighted by Crippen LogP contribution is -2.43. The van der Waals surface area contributed by atoms with E-state index in [1.165, 1.54) is 18.7 Å². The number of hydrogen-bond acceptors (Lipinski definition) is 2. The van der Waals surface area contributed by atoms with Crippen LogP contribution in [0, 0.1) is 5.41 Å². The molecule has 1 amide bonds. The van der Waals surface area contributed by atoms with E-state index in [1.807, 2.05) is 6.07 Å². The molecule has 0 atom stereocenters. The van der Waals surface area contributed by atoms with Crippen LogP contribution in [-0.4, -0.2) is 28.9 Å². The van der Waals surface area contributed by atoms with Crippen molar-refractivity contribution in [2.75, 3.05) is 7.05 Å². The van der Waals surface area contributed by atoms with Gasteiger partial charge in [-0.2, -0.15) is 0 Å². The van der Waals surface area contributed by atoms with E-state index in [9.17, 15) is 9.59 Å². The number of aliphatic carboxylic acids is 1. The molecule has 0 aliphatic carbocycles. The van der Waals surface area contributed by atoms with Gasteiger partial charge in [0.1, 0.15) is 5.41 Å². The monoisotopic (exact) mass is 347 g/mol. The van der Waals surface area contributed by atoms with Gasteiger partial charge in [0.2, 0.25) is 5.91 Å². The number of carboxylic acids is 1. The van der Waals surface area contributed by atoms with Gasteiger partial charge >= 0.3 is 5.97 Å². The molecule has 0 aromatic heterocycles. The molecule has 1 aromatic carbocycles. The molecule has 1 aromatic rings. The Morgan fingerprint density at radius 2 is 2.00 bits per heavy atom. The molecule has 0 bridgehead atoms. The summed E-state index contributed by atoms with van der Waals surface area (Å²) in [5.41, 5.74) is -0.621. The number of hydrogen-bond donors (Lipinski definition) is 1. The third-order valence-corrected chi connectivity index (χ3v) is 4.33. The van der Waals surface area contributed by atoms with Crippen LogP contribution in [0.4, 0.5) is 0 Å². The standard InChI is InChI=1S/C13H15BrClNO3/c1-13(2,12(18)19)11(17)16(3)7-8-5-4-6-9(15)10(8)14/h4-6H,7H2,1-3H3,(H,18,19). The van der Waals surface area contributed by atoms with Crippen LogP contribution in [0.5, 0.6) is 0 Å². The van der Waals surface area contributed by atoms with E-state index < -0.39 is 17.3 Å². The molecular weight excluding hydrogens is 334 g/mol. The van der Waals surface area contributed by atoms with Gasteiger partial charge in [0.05, 0.1) is 5.02 Å². The van der Waals surface area contributed by atoms with Crippen LogP contribution in [0.15, 0.2) is 22.7 Å². The summed E-state index contributed by atoms with van der Waals surface area (Å²) < 4.78 is 0.712. The molecule has 19 heavy (non-hydrogen) atoms. The quantitative estimate of drug-likeness (QED) is 0.850. The number of halogens is 2. The summed E-state index contributed by atoms with van der Waals surface area (Å²) in [5, 5.41) is 9.60. The second kappa shape index (κ2) is 5.92. The Bertz CT molecular complexity index is 517. The maximum atomic E-state index is 12.1. The highest BCUT2D eigenvalue weighted by molar-refractivity contribution is 9.10. The molecule has 4 nitrogen and oxygen atoms in total. The van der Waals surface area contributed by atoms with Gasteiger partial charge in [-0.25, -0.2) is 0 Å². The molecule has 6 heteroatoms. The van der Waals surface area contributed by atoms with Gasteiger partial charge in [0.15, 0.2) is 0 Å². The van der Waals surface area contributed by atoms with E-state index in [1.54, 1.807) is 19.2 Å². The van der Waals surface area contributed by atoms with Gasteiger partial charge in [-0.05, 0) is 41.4 Å². The SMILES string of the molecule is CN(Cc1cccc(Cl)c1Br)C(=O)C(C)(C)C(=O)O. The van der Waals surface area contributed by atoms with Gasteiger partial charge in [0.25, 0.3) is 0 Å². The summed E-state index contributed by atoms with van der Waals surface area (Å²) in [5.74, 6) is -1.60. The zero-order valence-corrected chi connectivity index (χ0v) is 13.2. The van der Waals surface area contributed by atoms with Crippen molar-refractivity contribution in [3.8, 4) is 0 Å². The number of nitrogens with zero attached hydrogens (tertiary/aromatic N) is 1. The summed E-state index contributed by atoms with van der Waals surface area (Å²) in [6, 6.07) is 5.34. The first kappa shape index (κ1) is 16.0. The molecule has 1 rings (SSSR count). The lowest BCUT2D eigenvalue weighted by molar-refractivity contribution is -0.157. The van der Waals surface area contributed by atoms with Gasteiger partial charge in [-0.1, -0.05) is 23.7 Å². The van der Waals surface area contributed by atoms with E-state index in [-0.39, 0.29) is 6.54 Å². The third kappa shape index (κ3) is 3.48. The number of rotatable bonds is 4. The maximum Gasteiger partial charge on any atom is 0.318 e. The fraction of sp³-hybridized carbons (Fsp3) is 0.385. The zero-order chi connectivity index (χ0) is 14.8. The minimum absolute atomic E-state index is 0.288. The molecule has 0 fully saturated rings. The van der Waals surface area contributed by atoms with Crippen LogP contribution in [-0.2, 0) is 16.1 Å². The van der Waals surface area contributed by atoms with E-state index >= 15 is 0 Å². The average molecular weight is 349 g/mol. The highest BCUT2D eigenvalue weighted by atomic mass is 79.9. The Kier molecular flexibility index (Phi) is 4.98. The summed E-state index contributed by atoms with van der Waals surface area (Å²) in [4.78, 5) is 24.5. The zero-order valence-electron chi connectivity index (χ0n) is 10.9. The van der Waals surface area contributed by atoms with Crippen molar-refractivity contribution in [1.29, 1.82) is 0 Å². The second-order valence-corrected chi connectivity index (χ2v) is 6.00. The summed E-state index contributed by atoms with van der Waals surface area (Å²) in [7, 11) is 1.57. The molecule has 0 unspecified atom stereocenters. The Hall–Kier alpha value is -1.07. The average Bonchev–Trinajstić information content (AvgIpc) is 2.33. The van der Waals surface area contributed by atoms with Crippen molar-refractivity contribution < 1.29 is 14.7 Å². The minimum Gasteiger partial charge on any atom is -0.480 e. The van der Waals surface area contributed by atoms with E-state index in [4.69, 9.17) is 16.7 Å². The molecule has 0 radical (unpaired) electrons. The lowest BCUT2D eigenvalue weighted by atomic mass is 9.92. The topological polar surface area (TPSA) is 57.6 Å². The number of carboxylic acid groups (broad SMARTS) is 1. The Morgan fingerprint density at radius 3 is 2.53 bits per heavy atom. The molecule has 0 heterocycles. The summed E-state index contributed by atoms with van der Waals surface area (Å²) in [6.45, 7) is 3.07. The van der Waals surface area contributed by atoms with Crippen LogP contribution in [0.3, 0.4) is 0 Å². The molecule has 0 spiro atoms. The molecule has 0 saturated carbocycles. The Morgan fingerprint density at radius 1 is 1.42 bits per heavy atom. The number of benzene rings is 1. The van der Waals surface area contributed by atoms with Gasteiger partial charge in [0, 0.05) is 18.1 Å². The van der Waals surface area contributed by atoms with Gasteiger partial charge in [-0.3, -0.25) is 9.59 Å². The fourth-order valence-corrected chi connectivity index (χ4v) is 2.15. The fourth-order valence-electron chi connectivity index (χ4n) is 1.57. The maximum absolute atomic E-state index is 12.1. The van der Waals surface area contributed by atoms with Crippen molar-refractivity contribution in [1.82, 2.24) is 4.90 Å². The normalized spacial score (nSPS) is 11.2. The van der Waals surface area contributed by atoms with E-state index in [0.29, 0.717) is 9.50 Å². The number of carbonyl (C=O) groups excluding carboxylic acids is 1. The molecular formula is C13H15BrClNO3. The first-order valence-electron chi connectivity index (χ1n) is 5.59. The van der Waals surface area contributed by atoms with Crippen molar-refractivity contribution in [2.45, 2.75) is 20.4 Å². The Labute approximate surface area is 125 Å². The van der Waals surface area contributed by atoms with Crippen LogP contribution in [0.2, 0.25) is 5.02 Å². The van der Waals surface area contributed by atoms with Gasteiger partial charge in [-0.15, -0.1) is 0 Å². The summed E-state index contributed by atoms with van der Waals surface area (Å²) >= 11 is 9.32. The van der Waals surface area contributed by atoms with Crippen LogP contribution in [0.25, 0.3) is 0 Å². The predicted molar refractivity (Wildman–Crippen MR) is 77.0 cm³/mol. The lowest BCUT2D eigenvalue weighted by Gasteiger charge is -2.26. The van der Waals surface area contributed by atoms with Crippen LogP contribution in [0.1, 0.15) is 19.4 Å². The van der Waals surface area contributed by atoms with E-state index in [2.05, 4.69) is 15.9 Å². The predicted octanol–water partition coefficient (Wildman–Crippen LogP) is 3.17. The van der Waals surface area contributed by atoms with Crippen molar-refractivity contribution in [3.05, 3.63) is 33.3 Å². The van der Waals surface area contributed by atoms with Crippen molar-refractivity contribution >= 4 is 39.4 Å². The second-order valence-electron chi connectivity index (χ2n) is 4.80. The summed E-state index contributed by atoms with van der Waals surface area (Å²) in [6.07, 6.45) is 0. The smallest absolute Gasteiger partial charge is 0.318 e.